The van der Waals surface area contributed by atoms with Crippen molar-refractivity contribution >= 4 is 22.8 Å². The minimum absolute atomic E-state index is 0.0645. The van der Waals surface area contributed by atoms with E-state index in [4.69, 9.17) is 0 Å². The Morgan fingerprint density at radius 3 is 2.74 bits per heavy atom. The summed E-state index contributed by atoms with van der Waals surface area (Å²) in [5.41, 5.74) is 1.09. The SMILES string of the molecule is CCCCCCCCNC(=O)C=CSC(=O)C1C=CCC=C1C. The number of thioether (sulfide) groups is 1. The number of hydrogen-bond acceptors (Lipinski definition) is 3. The molecule has 0 radical (unpaired) electrons. The molecule has 0 heterocycles. The van der Waals surface area contributed by atoms with Crippen molar-refractivity contribution in [1.82, 2.24) is 5.32 Å². The van der Waals surface area contributed by atoms with Gasteiger partial charge in [-0.15, -0.1) is 0 Å². The molecule has 0 aromatic carbocycles. The Hall–Kier alpha value is -1.29. The van der Waals surface area contributed by atoms with E-state index >= 15 is 0 Å². The van der Waals surface area contributed by atoms with Gasteiger partial charge >= 0.3 is 0 Å². The molecule has 1 aliphatic rings. The Labute approximate surface area is 144 Å². The molecule has 1 aliphatic carbocycles. The molecule has 23 heavy (non-hydrogen) atoms. The van der Waals surface area contributed by atoms with Crippen molar-refractivity contribution in [3.8, 4) is 0 Å². The Morgan fingerprint density at radius 1 is 1.26 bits per heavy atom. The third-order valence-electron chi connectivity index (χ3n) is 3.88. The Bertz CT molecular complexity index is 466. The second-order valence-electron chi connectivity index (χ2n) is 5.89. The van der Waals surface area contributed by atoms with Gasteiger partial charge < -0.3 is 5.32 Å². The van der Waals surface area contributed by atoms with Crippen LogP contribution in [0.5, 0.6) is 0 Å². The number of unbranched alkanes of at least 4 members (excludes halogenated alkanes) is 5. The largest absolute Gasteiger partial charge is 0.353 e. The molecule has 1 amide bonds. The Balaban J connectivity index is 2.13. The van der Waals surface area contributed by atoms with Gasteiger partial charge in [0.05, 0.1) is 5.92 Å². The fourth-order valence-corrected chi connectivity index (χ4v) is 3.16. The van der Waals surface area contributed by atoms with Crippen molar-refractivity contribution in [3.05, 3.63) is 35.3 Å². The standard InChI is InChI=1S/C19H29NO2S/c1-3-4-5-6-7-10-14-20-18(21)13-15-23-19(22)17-12-9-8-11-16(17)2/h9,11-13,15,17H,3-8,10,14H2,1-2H3,(H,20,21). The molecule has 0 aromatic heterocycles. The van der Waals surface area contributed by atoms with Gasteiger partial charge in [0, 0.05) is 12.6 Å². The lowest BCUT2D eigenvalue weighted by Crippen LogP contribution is -2.22. The third kappa shape index (κ3) is 8.80. The number of carbonyl (C=O) groups excluding carboxylic acids is 2. The topological polar surface area (TPSA) is 46.2 Å². The number of hydrogen-bond donors (Lipinski definition) is 1. The van der Waals surface area contributed by atoms with E-state index in [1.807, 2.05) is 19.1 Å². The predicted octanol–water partition coefficient (Wildman–Crippen LogP) is 4.76. The molecule has 0 aromatic rings. The highest BCUT2D eigenvalue weighted by molar-refractivity contribution is 8.16. The average molecular weight is 336 g/mol. The summed E-state index contributed by atoms with van der Waals surface area (Å²) in [6.45, 7) is 4.89. The summed E-state index contributed by atoms with van der Waals surface area (Å²) in [5.74, 6) is -0.269. The van der Waals surface area contributed by atoms with E-state index < -0.39 is 0 Å². The number of allylic oxidation sites excluding steroid dienone is 4. The van der Waals surface area contributed by atoms with E-state index in [-0.39, 0.29) is 16.9 Å². The lowest BCUT2D eigenvalue weighted by molar-refractivity contribution is -0.116. The summed E-state index contributed by atoms with van der Waals surface area (Å²) in [6.07, 6.45) is 15.6. The predicted molar refractivity (Wildman–Crippen MR) is 99.1 cm³/mol. The molecule has 0 spiro atoms. The number of rotatable bonds is 10. The highest BCUT2D eigenvalue weighted by Crippen LogP contribution is 2.24. The lowest BCUT2D eigenvalue weighted by atomic mass is 9.96. The molecule has 1 unspecified atom stereocenters. The maximum absolute atomic E-state index is 12.1. The van der Waals surface area contributed by atoms with Gasteiger partial charge in [-0.1, -0.05) is 74.6 Å². The van der Waals surface area contributed by atoms with Crippen LogP contribution in [0.1, 0.15) is 58.8 Å². The van der Waals surface area contributed by atoms with Crippen LogP contribution in [-0.4, -0.2) is 17.6 Å². The van der Waals surface area contributed by atoms with E-state index in [1.54, 1.807) is 5.41 Å². The Morgan fingerprint density at radius 2 is 2.00 bits per heavy atom. The van der Waals surface area contributed by atoms with Crippen molar-refractivity contribution < 1.29 is 9.59 Å². The van der Waals surface area contributed by atoms with Crippen molar-refractivity contribution in [1.29, 1.82) is 0 Å². The average Bonchev–Trinajstić information content (AvgIpc) is 2.54. The first-order valence-electron chi connectivity index (χ1n) is 8.63. The maximum atomic E-state index is 12.1. The van der Waals surface area contributed by atoms with Crippen LogP contribution >= 0.6 is 11.8 Å². The van der Waals surface area contributed by atoms with E-state index in [0.29, 0.717) is 6.54 Å². The van der Waals surface area contributed by atoms with Gasteiger partial charge in [0.15, 0.2) is 0 Å². The molecule has 0 aliphatic heterocycles. The van der Waals surface area contributed by atoms with Gasteiger partial charge in [-0.3, -0.25) is 9.59 Å². The second kappa shape index (κ2) is 12.2. The van der Waals surface area contributed by atoms with Crippen LogP contribution in [0.3, 0.4) is 0 Å². The van der Waals surface area contributed by atoms with E-state index in [9.17, 15) is 9.59 Å². The fourth-order valence-electron chi connectivity index (χ4n) is 2.42. The number of amides is 1. The minimum Gasteiger partial charge on any atom is -0.353 e. The summed E-state index contributed by atoms with van der Waals surface area (Å²) in [4.78, 5) is 23.7. The van der Waals surface area contributed by atoms with Crippen LogP contribution < -0.4 is 5.32 Å². The quantitative estimate of drug-likeness (QED) is 0.356. The molecule has 128 valence electrons. The van der Waals surface area contributed by atoms with Gasteiger partial charge in [0.2, 0.25) is 11.0 Å². The van der Waals surface area contributed by atoms with Crippen LogP contribution in [0.2, 0.25) is 0 Å². The van der Waals surface area contributed by atoms with E-state index in [2.05, 4.69) is 18.3 Å². The number of nitrogens with one attached hydrogen (secondary N) is 1. The van der Waals surface area contributed by atoms with Gasteiger partial charge in [0.1, 0.15) is 0 Å². The Kier molecular flexibility index (Phi) is 10.5. The molecule has 0 saturated heterocycles. The summed E-state index contributed by atoms with van der Waals surface area (Å²) in [7, 11) is 0. The van der Waals surface area contributed by atoms with Gasteiger partial charge in [0.25, 0.3) is 0 Å². The van der Waals surface area contributed by atoms with Crippen molar-refractivity contribution in [2.45, 2.75) is 58.8 Å². The van der Waals surface area contributed by atoms with E-state index in [1.165, 1.54) is 31.8 Å². The summed E-state index contributed by atoms with van der Waals surface area (Å²) >= 11 is 1.10. The molecule has 1 rings (SSSR count). The molecule has 0 fully saturated rings. The smallest absolute Gasteiger partial charge is 0.244 e. The molecular formula is C19H29NO2S. The monoisotopic (exact) mass is 335 g/mol. The van der Waals surface area contributed by atoms with Crippen LogP contribution in [0.15, 0.2) is 35.3 Å². The van der Waals surface area contributed by atoms with Crippen molar-refractivity contribution in [2.24, 2.45) is 5.92 Å². The molecule has 3 nitrogen and oxygen atoms in total. The maximum Gasteiger partial charge on any atom is 0.244 e. The zero-order valence-electron chi connectivity index (χ0n) is 14.3. The van der Waals surface area contributed by atoms with Gasteiger partial charge in [-0.2, -0.15) is 0 Å². The molecule has 4 heteroatoms. The summed E-state index contributed by atoms with van der Waals surface area (Å²) < 4.78 is 0. The molecular weight excluding hydrogens is 306 g/mol. The fraction of sp³-hybridized carbons (Fsp3) is 0.579. The van der Waals surface area contributed by atoms with Crippen molar-refractivity contribution in [3.63, 3.8) is 0 Å². The first kappa shape index (κ1) is 19.8. The van der Waals surface area contributed by atoms with Crippen LogP contribution in [-0.2, 0) is 9.59 Å². The second-order valence-corrected chi connectivity index (χ2v) is 6.80. The highest BCUT2D eigenvalue weighted by Gasteiger charge is 2.18. The zero-order chi connectivity index (χ0) is 16.9. The number of carbonyl (C=O) groups is 2. The molecule has 1 atom stereocenters. The normalized spacial score (nSPS) is 17.3. The van der Waals surface area contributed by atoms with Gasteiger partial charge in [-0.25, -0.2) is 0 Å². The molecule has 0 saturated carbocycles. The van der Waals surface area contributed by atoms with Crippen LogP contribution in [0.4, 0.5) is 0 Å². The van der Waals surface area contributed by atoms with Gasteiger partial charge in [-0.05, 0) is 25.2 Å². The van der Waals surface area contributed by atoms with Crippen molar-refractivity contribution in [2.75, 3.05) is 6.54 Å². The van der Waals surface area contributed by atoms with Crippen LogP contribution in [0.25, 0.3) is 0 Å². The summed E-state index contributed by atoms with van der Waals surface area (Å²) in [6, 6.07) is 0. The zero-order valence-corrected chi connectivity index (χ0v) is 15.2. The minimum atomic E-state index is -0.149. The first-order valence-corrected chi connectivity index (χ1v) is 9.51. The highest BCUT2D eigenvalue weighted by atomic mass is 32.2. The third-order valence-corrected chi connectivity index (χ3v) is 4.64. The lowest BCUT2D eigenvalue weighted by Gasteiger charge is -2.13. The van der Waals surface area contributed by atoms with E-state index in [0.717, 1.165) is 36.6 Å². The van der Waals surface area contributed by atoms with Crippen LogP contribution in [0, 0.1) is 5.92 Å². The molecule has 1 N–H and O–H groups in total. The first-order chi connectivity index (χ1) is 11.1. The summed E-state index contributed by atoms with van der Waals surface area (Å²) in [5, 5.41) is 4.52. The molecule has 0 bridgehead atoms.